The van der Waals surface area contributed by atoms with Crippen LogP contribution in [0.25, 0.3) is 10.4 Å². The van der Waals surface area contributed by atoms with Crippen LogP contribution in [0.3, 0.4) is 0 Å². The number of hydrogen-bond acceptors (Lipinski definition) is 3. The molecule has 1 heterocycles. The van der Waals surface area contributed by atoms with Crippen LogP contribution in [0.4, 0.5) is 0 Å². The molecule has 92 valence electrons. The van der Waals surface area contributed by atoms with Crippen LogP contribution in [0.5, 0.6) is 0 Å². The Kier molecular flexibility index (Phi) is 5.60. The molecule has 0 aromatic rings. The summed E-state index contributed by atoms with van der Waals surface area (Å²) < 4.78 is 0. The molecule has 1 aliphatic rings. The molecule has 5 heteroatoms. The van der Waals surface area contributed by atoms with E-state index in [2.05, 4.69) is 28.8 Å². The summed E-state index contributed by atoms with van der Waals surface area (Å²) in [6.07, 6.45) is 3.16. The van der Waals surface area contributed by atoms with Crippen molar-refractivity contribution in [2.24, 2.45) is 11.0 Å². The van der Waals surface area contributed by atoms with Crippen LogP contribution in [0.1, 0.15) is 33.1 Å². The molecule has 0 bridgehead atoms. The van der Waals surface area contributed by atoms with Crippen LogP contribution < -0.4 is 0 Å². The largest absolute Gasteiger partial charge is 0.392 e. The number of hydrogen-bond donors (Lipinski definition) is 1. The van der Waals surface area contributed by atoms with Gasteiger partial charge in [-0.2, -0.15) is 0 Å². The number of aliphatic hydroxyl groups excluding tert-OH is 1. The average Bonchev–Trinajstić information content (AvgIpc) is 2.29. The van der Waals surface area contributed by atoms with Gasteiger partial charge in [0.25, 0.3) is 0 Å². The first kappa shape index (κ1) is 13.3. The minimum Gasteiger partial charge on any atom is -0.392 e. The molecule has 0 aromatic heterocycles. The van der Waals surface area contributed by atoms with Gasteiger partial charge in [0.1, 0.15) is 0 Å². The van der Waals surface area contributed by atoms with Crippen molar-refractivity contribution in [1.29, 1.82) is 0 Å². The molecule has 0 radical (unpaired) electrons. The maximum absolute atomic E-state index is 9.70. The standard InChI is InChI=1S/C11H22N4O/c1-3-10-5-4-9(2)15(7-10)8-11(16)6-13-14-12/h9-11,16H,3-8H2,1-2H3/t9?,10?,11-/m0/s1. The summed E-state index contributed by atoms with van der Waals surface area (Å²) in [5.41, 5.74) is 8.19. The van der Waals surface area contributed by atoms with Crippen molar-refractivity contribution >= 4 is 0 Å². The summed E-state index contributed by atoms with van der Waals surface area (Å²) in [6.45, 7) is 6.28. The van der Waals surface area contributed by atoms with Crippen LogP contribution >= 0.6 is 0 Å². The van der Waals surface area contributed by atoms with Gasteiger partial charge in [0.15, 0.2) is 0 Å². The van der Waals surface area contributed by atoms with Gasteiger partial charge in [-0.15, -0.1) is 0 Å². The monoisotopic (exact) mass is 226 g/mol. The van der Waals surface area contributed by atoms with Gasteiger partial charge < -0.3 is 5.11 Å². The van der Waals surface area contributed by atoms with Crippen molar-refractivity contribution in [3.05, 3.63) is 10.4 Å². The minimum absolute atomic E-state index is 0.177. The summed E-state index contributed by atoms with van der Waals surface area (Å²) in [6, 6.07) is 0.531. The van der Waals surface area contributed by atoms with E-state index in [1.807, 2.05) is 0 Å². The van der Waals surface area contributed by atoms with Crippen LogP contribution in [0.15, 0.2) is 5.11 Å². The Labute approximate surface area is 97.1 Å². The fourth-order valence-electron chi connectivity index (χ4n) is 2.31. The smallest absolute Gasteiger partial charge is 0.0723 e. The van der Waals surface area contributed by atoms with Gasteiger partial charge in [0.2, 0.25) is 0 Å². The molecule has 0 aliphatic carbocycles. The Morgan fingerprint density at radius 2 is 2.31 bits per heavy atom. The normalized spacial score (nSPS) is 28.4. The zero-order chi connectivity index (χ0) is 12.0. The van der Waals surface area contributed by atoms with Gasteiger partial charge in [0, 0.05) is 24.0 Å². The van der Waals surface area contributed by atoms with Crippen molar-refractivity contribution in [1.82, 2.24) is 4.90 Å². The third kappa shape index (κ3) is 4.00. The quantitative estimate of drug-likeness (QED) is 0.443. The Bertz CT molecular complexity index is 252. The lowest BCUT2D eigenvalue weighted by Gasteiger charge is -2.38. The zero-order valence-corrected chi connectivity index (χ0v) is 10.2. The highest BCUT2D eigenvalue weighted by atomic mass is 16.3. The second-order valence-corrected chi connectivity index (χ2v) is 4.72. The van der Waals surface area contributed by atoms with Crippen LogP contribution in [0.2, 0.25) is 0 Å². The third-order valence-electron chi connectivity index (χ3n) is 3.49. The first-order valence-corrected chi connectivity index (χ1v) is 6.10. The fourth-order valence-corrected chi connectivity index (χ4v) is 2.31. The summed E-state index contributed by atoms with van der Waals surface area (Å²) in [7, 11) is 0. The number of nitrogens with zero attached hydrogens (tertiary/aromatic N) is 4. The topological polar surface area (TPSA) is 72.2 Å². The van der Waals surface area contributed by atoms with E-state index in [9.17, 15) is 5.11 Å². The SMILES string of the molecule is CCC1CCC(C)N(C[C@@H](O)CN=[N+]=[N-])C1. The van der Waals surface area contributed by atoms with E-state index < -0.39 is 6.10 Å². The Balaban J connectivity index is 2.40. The summed E-state index contributed by atoms with van der Waals surface area (Å²) in [5, 5.41) is 13.1. The molecule has 0 spiro atoms. The molecular formula is C11H22N4O. The highest BCUT2D eigenvalue weighted by Gasteiger charge is 2.25. The number of likely N-dealkylation sites (tertiary alicyclic amines) is 1. The molecule has 3 atom stereocenters. The lowest BCUT2D eigenvalue weighted by molar-refractivity contribution is 0.0566. The Morgan fingerprint density at radius 3 is 2.94 bits per heavy atom. The van der Waals surface area contributed by atoms with Crippen LogP contribution in [0, 0.1) is 5.92 Å². The Hall–Kier alpha value is -0.770. The van der Waals surface area contributed by atoms with Gasteiger partial charge in [0.05, 0.1) is 12.6 Å². The predicted molar refractivity (Wildman–Crippen MR) is 64.1 cm³/mol. The van der Waals surface area contributed by atoms with Crippen molar-refractivity contribution in [3.8, 4) is 0 Å². The average molecular weight is 226 g/mol. The first-order valence-electron chi connectivity index (χ1n) is 6.10. The number of azide groups is 1. The van der Waals surface area contributed by atoms with Gasteiger partial charge in [-0.3, -0.25) is 4.90 Å². The highest BCUT2D eigenvalue weighted by molar-refractivity contribution is 4.80. The summed E-state index contributed by atoms with van der Waals surface area (Å²) >= 11 is 0. The number of aliphatic hydroxyl groups is 1. The van der Waals surface area contributed by atoms with Crippen LogP contribution in [-0.2, 0) is 0 Å². The lowest BCUT2D eigenvalue weighted by atomic mass is 9.91. The van der Waals surface area contributed by atoms with Crippen molar-refractivity contribution in [3.63, 3.8) is 0 Å². The molecule has 1 rings (SSSR count). The molecule has 0 amide bonds. The third-order valence-corrected chi connectivity index (χ3v) is 3.49. The number of β-amino-alcohol motifs (C(OH)–C–C–N with tert-alkyl or cyclic N) is 1. The van der Waals surface area contributed by atoms with E-state index >= 15 is 0 Å². The van der Waals surface area contributed by atoms with E-state index in [0.29, 0.717) is 12.6 Å². The lowest BCUT2D eigenvalue weighted by Crippen LogP contribution is -2.45. The first-order chi connectivity index (χ1) is 7.67. The van der Waals surface area contributed by atoms with Crippen molar-refractivity contribution in [2.75, 3.05) is 19.6 Å². The minimum atomic E-state index is -0.533. The van der Waals surface area contributed by atoms with E-state index in [-0.39, 0.29) is 6.54 Å². The molecule has 0 saturated carbocycles. The molecule has 1 saturated heterocycles. The number of rotatable bonds is 5. The van der Waals surface area contributed by atoms with Gasteiger partial charge in [-0.1, -0.05) is 18.5 Å². The molecule has 1 N–H and O–H groups in total. The van der Waals surface area contributed by atoms with Crippen molar-refractivity contribution < 1.29 is 5.11 Å². The van der Waals surface area contributed by atoms with Crippen LogP contribution in [-0.4, -0.2) is 41.8 Å². The van der Waals surface area contributed by atoms with Gasteiger partial charge in [-0.25, -0.2) is 0 Å². The predicted octanol–water partition coefficient (Wildman–Crippen LogP) is 2.17. The highest BCUT2D eigenvalue weighted by Crippen LogP contribution is 2.23. The molecule has 0 aromatic carbocycles. The number of piperidine rings is 1. The zero-order valence-electron chi connectivity index (χ0n) is 10.2. The molecule has 1 fully saturated rings. The molecule has 2 unspecified atom stereocenters. The van der Waals surface area contributed by atoms with E-state index in [4.69, 9.17) is 5.53 Å². The summed E-state index contributed by atoms with van der Waals surface area (Å²) in [5.74, 6) is 0.753. The molecule has 5 nitrogen and oxygen atoms in total. The Morgan fingerprint density at radius 1 is 1.56 bits per heavy atom. The molecule has 1 aliphatic heterocycles. The fraction of sp³-hybridized carbons (Fsp3) is 1.00. The van der Waals surface area contributed by atoms with Gasteiger partial charge in [-0.05, 0) is 31.2 Å². The molecular weight excluding hydrogens is 204 g/mol. The van der Waals surface area contributed by atoms with Gasteiger partial charge >= 0.3 is 0 Å². The maximum Gasteiger partial charge on any atom is 0.0723 e. The van der Waals surface area contributed by atoms with E-state index in [1.165, 1.54) is 19.3 Å². The van der Waals surface area contributed by atoms with E-state index in [0.717, 1.165) is 12.5 Å². The summed E-state index contributed by atoms with van der Waals surface area (Å²) in [4.78, 5) is 4.98. The second-order valence-electron chi connectivity index (χ2n) is 4.72. The van der Waals surface area contributed by atoms with Crippen molar-refractivity contribution in [2.45, 2.75) is 45.3 Å². The van der Waals surface area contributed by atoms with E-state index in [1.54, 1.807) is 0 Å². The second kappa shape index (κ2) is 6.74. The maximum atomic E-state index is 9.70. The molecule has 16 heavy (non-hydrogen) atoms.